The summed E-state index contributed by atoms with van der Waals surface area (Å²) in [6, 6.07) is 2.24. The van der Waals surface area contributed by atoms with Crippen molar-refractivity contribution in [3.8, 4) is 0 Å². The van der Waals surface area contributed by atoms with Crippen molar-refractivity contribution in [3.63, 3.8) is 0 Å². The molecule has 2 rings (SSSR count). The molecule has 0 radical (unpaired) electrons. The molecule has 1 N–H and O–H groups in total. The molecule has 1 fully saturated rings. The molecule has 176 valence electrons. The molecule has 1 aromatic rings. The maximum absolute atomic E-state index is 13.3. The molecule has 1 aliphatic rings. The van der Waals surface area contributed by atoms with Crippen LogP contribution in [0.2, 0.25) is 0 Å². The number of carbonyl (C=O) groups excluding carboxylic acids is 2. The zero-order valence-corrected chi connectivity index (χ0v) is 18.9. The third-order valence-electron chi connectivity index (χ3n) is 5.20. The second kappa shape index (κ2) is 11.0. The number of Topliss-reactive ketones (excluding diaryl/α,β-unsaturated/α-hetero) is 1. The van der Waals surface area contributed by atoms with Crippen molar-refractivity contribution in [2.45, 2.75) is 50.2 Å². The van der Waals surface area contributed by atoms with Gasteiger partial charge in [-0.05, 0) is 51.3 Å². The number of esters is 1. The lowest BCUT2D eigenvalue weighted by Gasteiger charge is -2.36. The van der Waals surface area contributed by atoms with Crippen molar-refractivity contribution in [3.05, 3.63) is 29.3 Å². The summed E-state index contributed by atoms with van der Waals surface area (Å²) in [6.45, 7) is 2.85. The Kier molecular flexibility index (Phi) is 8.85. The van der Waals surface area contributed by atoms with Crippen LogP contribution >= 0.6 is 0 Å². The average Bonchev–Trinajstić information content (AvgIpc) is 2.75. The molecule has 3 atom stereocenters. The van der Waals surface area contributed by atoms with E-state index < -0.39 is 46.4 Å². The molecule has 32 heavy (non-hydrogen) atoms. The van der Waals surface area contributed by atoms with E-state index in [0.717, 1.165) is 25.3 Å². The Morgan fingerprint density at radius 1 is 1.34 bits per heavy atom. The molecule has 0 amide bonds. The number of hydrogen-bond donors (Lipinski definition) is 1. The molecule has 0 spiro atoms. The van der Waals surface area contributed by atoms with Gasteiger partial charge in [-0.1, -0.05) is 0 Å². The maximum atomic E-state index is 13.3. The predicted molar refractivity (Wildman–Crippen MR) is 114 cm³/mol. The predicted octanol–water partition coefficient (Wildman–Crippen LogP) is 3.68. The largest absolute Gasteiger partial charge is 0.465 e. The first-order chi connectivity index (χ1) is 15.0. The first kappa shape index (κ1) is 25.9. The van der Waals surface area contributed by atoms with Gasteiger partial charge in [0.05, 0.1) is 17.1 Å². The molecule has 1 saturated carbocycles. The van der Waals surface area contributed by atoms with E-state index in [1.807, 2.05) is 0 Å². The number of nitrogens with zero attached hydrogens (tertiary/aromatic N) is 2. The molecule has 1 aliphatic carbocycles. The van der Waals surface area contributed by atoms with Gasteiger partial charge in [-0.25, -0.2) is 8.51 Å². The van der Waals surface area contributed by atoms with Crippen LogP contribution in [-0.2, 0) is 26.7 Å². The summed E-state index contributed by atoms with van der Waals surface area (Å²) in [6.07, 6.45) is -1.81. The van der Waals surface area contributed by atoms with Crippen LogP contribution in [0.15, 0.2) is 28.1 Å². The Hall–Kier alpha value is -2.40. The van der Waals surface area contributed by atoms with E-state index in [0.29, 0.717) is 25.0 Å². The van der Waals surface area contributed by atoms with Crippen LogP contribution in [0.5, 0.6) is 0 Å². The van der Waals surface area contributed by atoms with E-state index in [2.05, 4.69) is 4.99 Å². The second-order valence-electron chi connectivity index (χ2n) is 7.36. The molecule has 11 heteroatoms. The van der Waals surface area contributed by atoms with E-state index in [1.54, 1.807) is 6.92 Å². The fourth-order valence-electron chi connectivity index (χ4n) is 3.59. The van der Waals surface area contributed by atoms with Crippen LogP contribution < -0.4 is 0 Å². The Bertz CT molecular complexity index is 933. The molecular weight excluding hydrogens is 447 g/mol. The summed E-state index contributed by atoms with van der Waals surface area (Å²) in [7, 11) is -0.520. The highest BCUT2D eigenvalue weighted by Gasteiger charge is 2.36. The van der Waals surface area contributed by atoms with E-state index in [-0.39, 0.29) is 23.6 Å². The number of benzene rings is 1. The molecule has 1 aromatic carbocycles. The van der Waals surface area contributed by atoms with Gasteiger partial charge in [0, 0.05) is 36.5 Å². The van der Waals surface area contributed by atoms with Gasteiger partial charge in [-0.2, -0.15) is 13.2 Å². The highest BCUT2D eigenvalue weighted by Crippen LogP contribution is 2.33. The lowest BCUT2D eigenvalue weighted by Crippen LogP contribution is -2.45. The first-order valence-corrected chi connectivity index (χ1v) is 11.2. The molecule has 0 bridgehead atoms. The topological polar surface area (TPSA) is 99.9 Å². The first-order valence-electron chi connectivity index (χ1n) is 10.1. The van der Waals surface area contributed by atoms with Gasteiger partial charge in [0.1, 0.15) is 17.5 Å². The van der Waals surface area contributed by atoms with Gasteiger partial charge in [-0.3, -0.25) is 14.6 Å². The van der Waals surface area contributed by atoms with E-state index in [4.69, 9.17) is 10.1 Å². The maximum Gasteiger partial charge on any atom is 0.416 e. The monoisotopic (exact) mass is 473 g/mol. The number of nitrogens with one attached hydrogen (secondary N) is 1. The normalized spacial score (nSPS) is 21.4. The number of carbonyl (C=O) groups is 2. The van der Waals surface area contributed by atoms with Crippen molar-refractivity contribution in [2.75, 3.05) is 20.2 Å². The minimum absolute atomic E-state index is 0.146. The van der Waals surface area contributed by atoms with Gasteiger partial charge in [-0.15, -0.1) is 0 Å². The average molecular weight is 474 g/mol. The van der Waals surface area contributed by atoms with Crippen LogP contribution in [0.3, 0.4) is 0 Å². The van der Waals surface area contributed by atoms with Crippen molar-refractivity contribution >= 4 is 34.7 Å². The lowest BCUT2D eigenvalue weighted by atomic mass is 9.83. The van der Waals surface area contributed by atoms with Gasteiger partial charge in [0.15, 0.2) is 5.78 Å². The Labute approximate surface area is 187 Å². The fraction of sp³-hybridized carbons (Fsp3) is 0.524. The summed E-state index contributed by atoms with van der Waals surface area (Å²) in [5, 5.41) is 7.83. The van der Waals surface area contributed by atoms with Gasteiger partial charge < -0.3 is 10.1 Å². The molecule has 0 saturated heterocycles. The van der Waals surface area contributed by atoms with Crippen LogP contribution in [0.25, 0.3) is 0 Å². The lowest BCUT2D eigenvalue weighted by molar-refractivity contribution is -0.141. The second-order valence-corrected chi connectivity index (χ2v) is 8.91. The molecule has 0 aliphatic heterocycles. The molecule has 7 nitrogen and oxygen atoms in total. The zero-order valence-electron chi connectivity index (χ0n) is 18.1. The summed E-state index contributed by atoms with van der Waals surface area (Å²) < 4.78 is 59.3. The van der Waals surface area contributed by atoms with Crippen molar-refractivity contribution in [1.82, 2.24) is 4.31 Å². The Morgan fingerprint density at radius 3 is 2.59 bits per heavy atom. The number of hydrogen-bond acceptors (Lipinski definition) is 6. The third-order valence-corrected chi connectivity index (χ3v) is 6.63. The summed E-state index contributed by atoms with van der Waals surface area (Å²) in [4.78, 5) is 27.5. The van der Waals surface area contributed by atoms with Crippen molar-refractivity contribution < 1.29 is 31.7 Å². The third kappa shape index (κ3) is 6.32. The minimum Gasteiger partial charge on any atom is -0.465 e. The fourth-order valence-corrected chi connectivity index (χ4v) is 4.86. The van der Waals surface area contributed by atoms with Gasteiger partial charge >= 0.3 is 12.1 Å². The van der Waals surface area contributed by atoms with E-state index in [9.17, 15) is 27.0 Å². The molecule has 0 heterocycles. The molecule has 3 unspecified atom stereocenters. The van der Waals surface area contributed by atoms with Gasteiger partial charge in [0.2, 0.25) is 0 Å². The standard InChI is InChI=1S/C21H26F3N3O4S/c1-4-31-20(29)12-26-18-6-5-7-19(17(18)11-25)27(3)32(30)16-9-14(13(2)28)8-15(10-16)21(22,23)24/h8-11,17,19,25H,4-7,12H2,1-3H3. The quantitative estimate of drug-likeness (QED) is 0.354. The van der Waals surface area contributed by atoms with Crippen LogP contribution in [-0.4, -0.2) is 58.4 Å². The zero-order chi connectivity index (χ0) is 24.1. The Balaban J connectivity index is 2.33. The van der Waals surface area contributed by atoms with E-state index in [1.165, 1.54) is 17.4 Å². The molecular formula is C21H26F3N3O4S. The van der Waals surface area contributed by atoms with Gasteiger partial charge in [0.25, 0.3) is 0 Å². The number of rotatable bonds is 8. The number of ether oxygens (including phenoxy) is 1. The summed E-state index contributed by atoms with van der Waals surface area (Å²) in [5.41, 5.74) is -0.645. The summed E-state index contributed by atoms with van der Waals surface area (Å²) >= 11 is 0. The SMILES string of the molecule is CCOC(=O)CN=C1CCCC(N(C)S(=O)c2cc(C(C)=O)cc(C(F)(F)F)c2)C1C=N. The number of alkyl halides is 3. The van der Waals surface area contributed by atoms with Crippen molar-refractivity contribution in [1.29, 1.82) is 5.41 Å². The highest BCUT2D eigenvalue weighted by molar-refractivity contribution is 7.82. The van der Waals surface area contributed by atoms with Crippen molar-refractivity contribution in [2.24, 2.45) is 10.9 Å². The van der Waals surface area contributed by atoms with Crippen LogP contribution in [0.4, 0.5) is 13.2 Å². The molecule has 0 aromatic heterocycles. The smallest absolute Gasteiger partial charge is 0.416 e. The number of aliphatic imine (C=N–C) groups is 1. The van der Waals surface area contributed by atoms with Crippen LogP contribution in [0, 0.1) is 11.3 Å². The van der Waals surface area contributed by atoms with E-state index >= 15 is 0 Å². The summed E-state index contributed by atoms with van der Waals surface area (Å²) in [5.74, 6) is -1.62. The highest BCUT2D eigenvalue weighted by atomic mass is 32.2. The minimum atomic E-state index is -4.70. The Morgan fingerprint density at radius 2 is 2.03 bits per heavy atom. The van der Waals surface area contributed by atoms with Crippen LogP contribution in [0.1, 0.15) is 49.0 Å². The number of halogens is 3. The number of ketones is 1.